The Morgan fingerprint density at radius 3 is 2.60 bits per heavy atom. The smallest absolute Gasteiger partial charge is 0.343 e. The van der Waals surface area contributed by atoms with Gasteiger partial charge in [0.2, 0.25) is 5.88 Å². The normalized spacial score (nSPS) is 16.8. The van der Waals surface area contributed by atoms with E-state index in [1.807, 2.05) is 42.5 Å². The molecule has 3 aromatic carbocycles. The van der Waals surface area contributed by atoms with Gasteiger partial charge in [-0.2, -0.15) is 10.2 Å². The standard InChI is InChI=1S/C37H34FN5O4/c38-33-18-25(21-39)6-7-29(33)24-46-35-10-14-40-36(41-35)26-11-15-42(16-12-26)22-30-19-27-8-9-28(37(44)47-31-4-2-1-3-5-31)20-34(27)43(30)23-32-13-17-45-32/h1-10,14,18-20,26,32H,11-13,15-17,22-24H2/t32-/m0/s1. The van der Waals surface area contributed by atoms with E-state index in [4.69, 9.17) is 19.5 Å². The largest absolute Gasteiger partial charge is 0.473 e. The van der Waals surface area contributed by atoms with E-state index in [1.165, 1.54) is 11.8 Å². The lowest BCUT2D eigenvalue weighted by molar-refractivity contribution is -0.0591. The zero-order valence-electron chi connectivity index (χ0n) is 25.8. The molecule has 10 heteroatoms. The minimum Gasteiger partial charge on any atom is -0.473 e. The van der Waals surface area contributed by atoms with Crippen LogP contribution in [0.25, 0.3) is 10.9 Å². The molecule has 0 aliphatic carbocycles. The summed E-state index contributed by atoms with van der Waals surface area (Å²) in [6.45, 7) is 4.07. The number of carbonyl (C=O) groups excluding carboxylic acids is 1. The fourth-order valence-electron chi connectivity index (χ4n) is 6.17. The number of likely N-dealkylation sites (tertiary alicyclic amines) is 1. The van der Waals surface area contributed by atoms with Gasteiger partial charge in [0.25, 0.3) is 0 Å². The summed E-state index contributed by atoms with van der Waals surface area (Å²) in [5, 5.41) is 10.0. The summed E-state index contributed by atoms with van der Waals surface area (Å²) in [6.07, 6.45) is 4.66. The molecule has 238 valence electrons. The minimum atomic E-state index is -0.476. The van der Waals surface area contributed by atoms with Gasteiger partial charge < -0.3 is 18.8 Å². The zero-order valence-corrected chi connectivity index (χ0v) is 25.8. The molecular formula is C37H34FN5O4. The monoisotopic (exact) mass is 631 g/mol. The molecule has 0 unspecified atom stereocenters. The van der Waals surface area contributed by atoms with Crippen LogP contribution in [-0.4, -0.2) is 51.2 Å². The van der Waals surface area contributed by atoms with Crippen molar-refractivity contribution in [3.63, 3.8) is 0 Å². The molecule has 5 aromatic rings. The third-order valence-electron chi connectivity index (χ3n) is 8.90. The van der Waals surface area contributed by atoms with Gasteiger partial charge in [-0.25, -0.2) is 14.2 Å². The first-order valence-corrected chi connectivity index (χ1v) is 15.9. The van der Waals surface area contributed by atoms with E-state index in [0.717, 1.165) is 68.8 Å². The maximum atomic E-state index is 14.3. The Bertz CT molecular complexity index is 1930. The second kappa shape index (κ2) is 13.7. The lowest BCUT2D eigenvalue weighted by Crippen LogP contribution is -2.35. The molecule has 0 spiro atoms. The third kappa shape index (κ3) is 7.02. The van der Waals surface area contributed by atoms with Gasteiger partial charge in [0.05, 0.1) is 23.3 Å². The van der Waals surface area contributed by atoms with Gasteiger partial charge in [0, 0.05) is 54.7 Å². The molecule has 2 aliphatic rings. The number of esters is 1. The number of halogens is 1. The SMILES string of the molecule is N#Cc1ccc(COc2ccnc(C3CCN(Cc4cc5ccc(C(=O)Oc6ccccc6)cc5n4C[C@@H]4CCO4)CC3)n2)c(F)c1. The molecule has 2 aromatic heterocycles. The number of piperidine rings is 1. The number of para-hydroxylation sites is 1. The van der Waals surface area contributed by atoms with Crippen LogP contribution in [0.15, 0.2) is 85.1 Å². The summed E-state index contributed by atoms with van der Waals surface area (Å²) < 4.78 is 33.8. The van der Waals surface area contributed by atoms with Gasteiger partial charge in [-0.05, 0) is 80.2 Å². The predicted octanol–water partition coefficient (Wildman–Crippen LogP) is 6.41. The van der Waals surface area contributed by atoms with Crippen molar-refractivity contribution >= 4 is 16.9 Å². The molecule has 2 fully saturated rings. The van der Waals surface area contributed by atoms with Crippen molar-refractivity contribution in [1.82, 2.24) is 19.4 Å². The van der Waals surface area contributed by atoms with Crippen LogP contribution < -0.4 is 9.47 Å². The molecule has 4 heterocycles. The van der Waals surface area contributed by atoms with Crippen molar-refractivity contribution in [2.24, 2.45) is 0 Å². The molecule has 9 nitrogen and oxygen atoms in total. The molecular weight excluding hydrogens is 597 g/mol. The van der Waals surface area contributed by atoms with Crippen LogP contribution in [0.1, 0.15) is 58.2 Å². The Morgan fingerprint density at radius 1 is 1.02 bits per heavy atom. The fraction of sp³-hybridized carbons (Fsp3) is 0.297. The molecule has 7 rings (SSSR count). The van der Waals surface area contributed by atoms with E-state index in [1.54, 1.807) is 36.5 Å². The van der Waals surface area contributed by atoms with Gasteiger partial charge in [-0.3, -0.25) is 4.90 Å². The molecule has 0 amide bonds. The van der Waals surface area contributed by atoms with Crippen molar-refractivity contribution in [2.45, 2.75) is 51.0 Å². The lowest BCUT2D eigenvalue weighted by atomic mass is 9.96. The fourth-order valence-corrected chi connectivity index (χ4v) is 6.17. The summed E-state index contributed by atoms with van der Waals surface area (Å²) in [5.41, 5.74) is 3.33. The summed E-state index contributed by atoms with van der Waals surface area (Å²) in [4.78, 5) is 24.6. The topological polar surface area (TPSA) is 102 Å². The zero-order chi connectivity index (χ0) is 32.2. The number of carbonyl (C=O) groups is 1. The van der Waals surface area contributed by atoms with Crippen molar-refractivity contribution in [3.8, 4) is 17.7 Å². The maximum absolute atomic E-state index is 14.3. The van der Waals surface area contributed by atoms with Gasteiger partial charge in [-0.15, -0.1) is 0 Å². The number of hydrogen-bond donors (Lipinski definition) is 0. The average Bonchev–Trinajstić information content (AvgIpc) is 3.42. The Balaban J connectivity index is 1.01. The maximum Gasteiger partial charge on any atom is 0.343 e. The van der Waals surface area contributed by atoms with Crippen LogP contribution in [0.2, 0.25) is 0 Å². The molecule has 0 bridgehead atoms. The lowest BCUT2D eigenvalue weighted by Gasteiger charge is -2.32. The number of nitriles is 1. The van der Waals surface area contributed by atoms with Crippen LogP contribution in [0.4, 0.5) is 4.39 Å². The molecule has 2 aliphatic heterocycles. The Morgan fingerprint density at radius 2 is 1.85 bits per heavy atom. The number of ether oxygens (including phenoxy) is 3. The number of fused-ring (bicyclic) bond motifs is 1. The van der Waals surface area contributed by atoms with Crippen molar-refractivity contribution in [2.75, 3.05) is 19.7 Å². The Hall–Kier alpha value is -5.11. The number of aromatic nitrogens is 3. The van der Waals surface area contributed by atoms with Crippen molar-refractivity contribution < 1.29 is 23.4 Å². The van der Waals surface area contributed by atoms with E-state index in [0.29, 0.717) is 22.8 Å². The highest BCUT2D eigenvalue weighted by Gasteiger charge is 2.26. The minimum absolute atomic E-state index is 0.0159. The molecule has 0 saturated carbocycles. The number of rotatable bonds is 10. The van der Waals surface area contributed by atoms with Crippen molar-refractivity contribution in [1.29, 1.82) is 5.26 Å². The summed E-state index contributed by atoms with van der Waals surface area (Å²) in [7, 11) is 0. The van der Waals surface area contributed by atoms with E-state index >= 15 is 0 Å². The van der Waals surface area contributed by atoms with Crippen LogP contribution >= 0.6 is 0 Å². The second-order valence-corrected chi connectivity index (χ2v) is 12.0. The summed E-state index contributed by atoms with van der Waals surface area (Å²) in [6, 6.07) is 25.0. The van der Waals surface area contributed by atoms with E-state index in [2.05, 4.69) is 25.5 Å². The van der Waals surface area contributed by atoms with E-state index in [9.17, 15) is 9.18 Å². The van der Waals surface area contributed by atoms with Crippen LogP contribution in [0, 0.1) is 17.1 Å². The number of nitrogens with zero attached hydrogens (tertiary/aromatic N) is 5. The Kier molecular flexibility index (Phi) is 8.91. The van der Waals surface area contributed by atoms with Crippen LogP contribution in [-0.2, 0) is 24.4 Å². The number of hydrogen-bond acceptors (Lipinski definition) is 8. The average molecular weight is 632 g/mol. The van der Waals surface area contributed by atoms with Crippen LogP contribution in [0.5, 0.6) is 11.6 Å². The summed E-state index contributed by atoms with van der Waals surface area (Å²) >= 11 is 0. The second-order valence-electron chi connectivity index (χ2n) is 12.0. The first kappa shape index (κ1) is 30.5. The molecule has 0 radical (unpaired) electrons. The highest BCUT2D eigenvalue weighted by atomic mass is 19.1. The molecule has 2 saturated heterocycles. The van der Waals surface area contributed by atoms with Crippen LogP contribution in [0.3, 0.4) is 0 Å². The predicted molar refractivity (Wildman–Crippen MR) is 172 cm³/mol. The highest BCUT2D eigenvalue weighted by molar-refractivity contribution is 5.96. The Labute approximate surface area is 272 Å². The first-order chi connectivity index (χ1) is 23.0. The first-order valence-electron chi connectivity index (χ1n) is 15.9. The van der Waals surface area contributed by atoms with Gasteiger partial charge in [-0.1, -0.05) is 30.3 Å². The highest BCUT2D eigenvalue weighted by Crippen LogP contribution is 2.30. The van der Waals surface area contributed by atoms with E-state index < -0.39 is 5.82 Å². The van der Waals surface area contributed by atoms with Gasteiger partial charge in [0.15, 0.2) is 0 Å². The summed E-state index contributed by atoms with van der Waals surface area (Å²) in [5.74, 6) is 0.977. The number of benzene rings is 3. The third-order valence-corrected chi connectivity index (χ3v) is 8.90. The molecule has 1 atom stereocenters. The molecule has 47 heavy (non-hydrogen) atoms. The quantitative estimate of drug-likeness (QED) is 0.129. The van der Waals surface area contributed by atoms with Gasteiger partial charge >= 0.3 is 5.97 Å². The van der Waals surface area contributed by atoms with Crippen molar-refractivity contribution in [3.05, 3.63) is 119 Å². The van der Waals surface area contributed by atoms with Gasteiger partial charge in [0.1, 0.15) is 24.0 Å². The molecule has 0 N–H and O–H groups in total. The van der Waals surface area contributed by atoms with E-state index in [-0.39, 0.29) is 30.2 Å².